The highest BCUT2D eigenvalue weighted by atomic mass is 79.9. The van der Waals surface area contributed by atoms with Gasteiger partial charge in [-0.1, -0.05) is 66.7 Å². The van der Waals surface area contributed by atoms with Gasteiger partial charge in [-0.05, 0) is 48.5 Å². The summed E-state index contributed by atoms with van der Waals surface area (Å²) in [6, 6.07) is 41.1. The molecule has 0 aliphatic rings. The van der Waals surface area contributed by atoms with Crippen molar-refractivity contribution in [2.45, 2.75) is 6.16 Å². The van der Waals surface area contributed by atoms with Crippen molar-refractivity contribution in [3.63, 3.8) is 0 Å². The number of H-pyrrole nitrogens is 1. The molecule has 0 aliphatic carbocycles. The zero-order valence-corrected chi connectivity index (χ0v) is 18.9. The van der Waals surface area contributed by atoms with Crippen LogP contribution in [0.15, 0.2) is 115 Å². The molecule has 4 heteroatoms. The second-order valence-electron chi connectivity index (χ2n) is 7.18. The fraction of sp³-hybridized carbons (Fsp3) is 0.0385. The van der Waals surface area contributed by atoms with E-state index < -0.39 is 7.26 Å². The van der Waals surface area contributed by atoms with Crippen LogP contribution < -0.4 is 32.9 Å². The van der Waals surface area contributed by atoms with E-state index in [1.807, 2.05) is 6.07 Å². The summed E-state index contributed by atoms with van der Waals surface area (Å²) < 4.78 is 0. The lowest BCUT2D eigenvalue weighted by atomic mass is 10.3. The van der Waals surface area contributed by atoms with E-state index in [4.69, 9.17) is 4.98 Å². The van der Waals surface area contributed by atoms with Crippen molar-refractivity contribution in [1.29, 1.82) is 0 Å². The summed E-state index contributed by atoms with van der Waals surface area (Å²) in [7, 11) is -1.92. The third kappa shape index (κ3) is 3.71. The fourth-order valence-corrected chi connectivity index (χ4v) is 8.16. The van der Waals surface area contributed by atoms with Crippen LogP contribution in [0.2, 0.25) is 0 Å². The summed E-state index contributed by atoms with van der Waals surface area (Å²) in [5.74, 6) is 1.04. The fourth-order valence-electron chi connectivity index (χ4n) is 4.07. The van der Waals surface area contributed by atoms with Crippen molar-refractivity contribution in [2.75, 3.05) is 0 Å². The molecule has 1 N–H and O–H groups in total. The van der Waals surface area contributed by atoms with Crippen molar-refractivity contribution >= 4 is 34.2 Å². The monoisotopic (exact) mass is 472 g/mol. The quantitative estimate of drug-likeness (QED) is 0.389. The van der Waals surface area contributed by atoms with Crippen LogP contribution in [0.3, 0.4) is 0 Å². The van der Waals surface area contributed by atoms with Crippen LogP contribution in [0.1, 0.15) is 5.82 Å². The number of hydrogen-bond acceptors (Lipinski definition) is 1. The van der Waals surface area contributed by atoms with Gasteiger partial charge < -0.3 is 22.0 Å². The van der Waals surface area contributed by atoms with Crippen molar-refractivity contribution in [2.24, 2.45) is 0 Å². The Morgan fingerprint density at radius 1 is 0.567 bits per heavy atom. The van der Waals surface area contributed by atoms with Gasteiger partial charge in [-0.15, -0.1) is 0 Å². The highest BCUT2D eigenvalue weighted by Gasteiger charge is 2.46. The van der Waals surface area contributed by atoms with Gasteiger partial charge in [-0.25, -0.2) is 4.98 Å². The molecule has 0 amide bonds. The smallest absolute Gasteiger partial charge is 0.146 e. The Morgan fingerprint density at radius 2 is 1.00 bits per heavy atom. The first-order valence-electron chi connectivity index (χ1n) is 9.85. The second kappa shape index (κ2) is 8.95. The number of imidazole rings is 1. The average Bonchev–Trinajstić information content (AvgIpc) is 3.22. The van der Waals surface area contributed by atoms with Crippen molar-refractivity contribution in [3.05, 3.63) is 121 Å². The molecule has 4 aromatic carbocycles. The molecule has 30 heavy (non-hydrogen) atoms. The summed E-state index contributed by atoms with van der Waals surface area (Å²) >= 11 is 0. The zero-order valence-electron chi connectivity index (χ0n) is 16.4. The van der Waals surface area contributed by atoms with Crippen molar-refractivity contribution in [1.82, 2.24) is 9.97 Å². The third-order valence-electron chi connectivity index (χ3n) is 5.42. The van der Waals surface area contributed by atoms with E-state index in [1.54, 1.807) is 0 Å². The molecule has 5 aromatic rings. The van der Waals surface area contributed by atoms with E-state index in [9.17, 15) is 0 Å². The first kappa shape index (κ1) is 20.5. The van der Waals surface area contributed by atoms with Gasteiger partial charge in [-0.2, -0.15) is 0 Å². The number of nitrogens with zero attached hydrogens (tertiary/aromatic N) is 1. The Kier molecular flexibility index (Phi) is 6.13. The molecule has 0 unspecified atom stereocenters. The van der Waals surface area contributed by atoms with E-state index in [-0.39, 0.29) is 17.0 Å². The normalized spacial score (nSPS) is 11.2. The Bertz CT molecular complexity index is 1090. The van der Waals surface area contributed by atoms with Gasteiger partial charge in [0.1, 0.15) is 35.2 Å². The molecule has 5 rings (SSSR count). The number of fused-ring (bicyclic) bond motifs is 1. The predicted octanol–water partition coefficient (Wildman–Crippen LogP) is 2.06. The number of nitrogens with one attached hydrogen (secondary N) is 1. The number of rotatable bonds is 5. The number of halogens is 1. The summed E-state index contributed by atoms with van der Waals surface area (Å²) in [6.07, 6.45) is 0.861. The topological polar surface area (TPSA) is 28.7 Å². The minimum atomic E-state index is -1.92. The number of benzene rings is 4. The average molecular weight is 473 g/mol. The first-order valence-corrected chi connectivity index (χ1v) is 11.8. The Hall–Kier alpha value is -2.74. The van der Waals surface area contributed by atoms with Crippen LogP contribution in [0, 0.1) is 0 Å². The maximum absolute atomic E-state index is 4.95. The number of aromatic amines is 1. The first-order chi connectivity index (χ1) is 14.4. The molecule has 2 nitrogen and oxygen atoms in total. The van der Waals surface area contributed by atoms with Crippen LogP contribution in [0.25, 0.3) is 11.0 Å². The van der Waals surface area contributed by atoms with E-state index in [0.29, 0.717) is 0 Å². The number of hydrogen-bond donors (Lipinski definition) is 1. The maximum Gasteiger partial charge on any atom is 0.146 e. The van der Waals surface area contributed by atoms with E-state index in [0.717, 1.165) is 23.0 Å². The largest absolute Gasteiger partial charge is 1.00 e. The molecule has 0 spiro atoms. The second-order valence-corrected chi connectivity index (χ2v) is 10.7. The molecule has 1 heterocycles. The highest BCUT2D eigenvalue weighted by molar-refractivity contribution is 7.95. The summed E-state index contributed by atoms with van der Waals surface area (Å²) in [6.45, 7) is 0. The van der Waals surface area contributed by atoms with Crippen molar-refractivity contribution in [3.8, 4) is 0 Å². The SMILES string of the molecule is [Br-].c1ccc([P+](Cc2nc3ccccc3[nH]2)(c2ccccc2)c2ccccc2)cc1. The van der Waals surface area contributed by atoms with Crippen LogP contribution in [-0.2, 0) is 6.16 Å². The van der Waals surface area contributed by atoms with E-state index in [2.05, 4.69) is 114 Å². The lowest BCUT2D eigenvalue weighted by Gasteiger charge is -2.26. The Labute approximate surface area is 188 Å². The van der Waals surface area contributed by atoms with Crippen LogP contribution in [-0.4, -0.2) is 9.97 Å². The minimum Gasteiger partial charge on any atom is -1.00 e. The maximum atomic E-state index is 4.95. The van der Waals surface area contributed by atoms with Crippen LogP contribution >= 0.6 is 7.26 Å². The molecule has 0 aliphatic heterocycles. The summed E-state index contributed by atoms with van der Waals surface area (Å²) in [5, 5.41) is 4.12. The van der Waals surface area contributed by atoms with E-state index in [1.165, 1.54) is 15.9 Å². The zero-order chi connectivity index (χ0) is 19.5. The molecule has 0 bridgehead atoms. The van der Waals surface area contributed by atoms with Crippen LogP contribution in [0.4, 0.5) is 0 Å². The molecular formula is C26H22BrN2P. The molecule has 0 atom stereocenters. The van der Waals surface area contributed by atoms with Crippen molar-refractivity contribution < 1.29 is 17.0 Å². The molecular weight excluding hydrogens is 451 g/mol. The predicted molar refractivity (Wildman–Crippen MR) is 125 cm³/mol. The standard InChI is InChI=1S/C26H22N2P.BrH/c1-4-12-21(13-5-1)29(22-14-6-2-7-15-22,23-16-8-3-9-17-23)20-26-27-24-18-10-11-19-25(24)28-26;/h1-19H,20H2,(H,27,28);1H/q+1;/p-1. The molecule has 0 radical (unpaired) electrons. The van der Waals surface area contributed by atoms with Gasteiger partial charge in [0.15, 0.2) is 0 Å². The van der Waals surface area contributed by atoms with E-state index >= 15 is 0 Å². The van der Waals surface area contributed by atoms with Crippen LogP contribution in [0.5, 0.6) is 0 Å². The summed E-state index contributed by atoms with van der Waals surface area (Å²) in [5.41, 5.74) is 2.12. The molecule has 0 saturated heterocycles. The lowest BCUT2D eigenvalue weighted by molar-refractivity contribution is -0.00000579. The van der Waals surface area contributed by atoms with Gasteiger partial charge in [0, 0.05) is 0 Å². The number of para-hydroxylation sites is 2. The Balaban J connectivity index is 0.00000218. The Morgan fingerprint density at radius 3 is 1.47 bits per heavy atom. The molecule has 0 saturated carbocycles. The molecule has 148 valence electrons. The van der Waals surface area contributed by atoms with Gasteiger partial charge in [0.25, 0.3) is 0 Å². The molecule has 0 fully saturated rings. The highest BCUT2D eigenvalue weighted by Crippen LogP contribution is 2.57. The van der Waals surface area contributed by atoms with Gasteiger partial charge in [0.05, 0.1) is 11.0 Å². The van der Waals surface area contributed by atoms with Gasteiger partial charge in [-0.3, -0.25) is 0 Å². The molecule has 1 aromatic heterocycles. The van der Waals surface area contributed by atoms with Gasteiger partial charge >= 0.3 is 0 Å². The minimum absolute atomic E-state index is 0. The lowest BCUT2D eigenvalue weighted by Crippen LogP contribution is -3.00. The third-order valence-corrected chi connectivity index (χ3v) is 9.73. The van der Waals surface area contributed by atoms with Gasteiger partial charge in [0.2, 0.25) is 0 Å². The summed E-state index contributed by atoms with van der Waals surface area (Å²) in [4.78, 5) is 8.52. The number of aromatic nitrogens is 2.